The summed E-state index contributed by atoms with van der Waals surface area (Å²) < 4.78 is 10.2. The van der Waals surface area contributed by atoms with Crippen LogP contribution in [0.25, 0.3) is 0 Å². The van der Waals surface area contributed by atoms with Crippen molar-refractivity contribution in [2.45, 2.75) is 13.0 Å². The molecule has 3 nitrogen and oxygen atoms in total. The number of aliphatic hydroxyl groups is 1. The van der Waals surface area contributed by atoms with Gasteiger partial charge in [-0.3, -0.25) is 0 Å². The van der Waals surface area contributed by atoms with Crippen LogP contribution in [0.3, 0.4) is 0 Å². The van der Waals surface area contributed by atoms with E-state index in [-0.39, 0.29) is 6.61 Å². The first kappa shape index (κ1) is 11.0. The topological polar surface area (TPSA) is 38.7 Å². The highest BCUT2D eigenvalue weighted by Crippen LogP contribution is 2.18. The van der Waals surface area contributed by atoms with Crippen LogP contribution in [0.2, 0.25) is 0 Å². The smallest absolute Gasteiger partial charge is 0.119 e. The number of rotatable bonds is 5. The van der Waals surface area contributed by atoms with Crippen molar-refractivity contribution in [3.05, 3.63) is 29.3 Å². The Morgan fingerprint density at radius 1 is 1.21 bits per heavy atom. The Kier molecular flexibility index (Phi) is 4.43. The molecule has 1 rings (SSSR count). The zero-order valence-electron chi connectivity index (χ0n) is 8.62. The van der Waals surface area contributed by atoms with Gasteiger partial charge in [-0.1, -0.05) is 6.07 Å². The molecule has 1 N–H and O–H groups in total. The van der Waals surface area contributed by atoms with Gasteiger partial charge in [0.2, 0.25) is 0 Å². The molecule has 78 valence electrons. The van der Waals surface area contributed by atoms with Crippen molar-refractivity contribution in [1.29, 1.82) is 0 Å². The van der Waals surface area contributed by atoms with Gasteiger partial charge in [0, 0.05) is 13.7 Å². The highest BCUT2D eigenvalue weighted by molar-refractivity contribution is 5.35. The van der Waals surface area contributed by atoms with Crippen molar-refractivity contribution >= 4 is 0 Å². The van der Waals surface area contributed by atoms with Crippen molar-refractivity contribution in [3.63, 3.8) is 0 Å². The van der Waals surface area contributed by atoms with Gasteiger partial charge >= 0.3 is 0 Å². The molecular weight excluding hydrogens is 180 g/mol. The molecule has 0 radical (unpaired) electrons. The zero-order valence-corrected chi connectivity index (χ0v) is 8.62. The van der Waals surface area contributed by atoms with Gasteiger partial charge < -0.3 is 14.6 Å². The fraction of sp³-hybridized carbons (Fsp3) is 0.455. The van der Waals surface area contributed by atoms with E-state index in [0.717, 1.165) is 16.9 Å². The standard InChI is InChI=1S/C11H16O3/c1-13-8-10-3-4-11(14-2)7-9(10)5-6-12/h3-4,7,12H,5-6,8H2,1-2H3. The Bertz CT molecular complexity index is 284. The van der Waals surface area contributed by atoms with Crippen LogP contribution < -0.4 is 4.74 Å². The molecule has 0 saturated carbocycles. The third-order valence-corrected chi connectivity index (χ3v) is 2.09. The van der Waals surface area contributed by atoms with Crippen molar-refractivity contribution < 1.29 is 14.6 Å². The normalized spacial score (nSPS) is 10.2. The third kappa shape index (κ3) is 2.72. The molecule has 0 spiro atoms. The van der Waals surface area contributed by atoms with Gasteiger partial charge in [-0.15, -0.1) is 0 Å². The van der Waals surface area contributed by atoms with Gasteiger partial charge in [0.25, 0.3) is 0 Å². The minimum absolute atomic E-state index is 0.143. The van der Waals surface area contributed by atoms with Gasteiger partial charge in [0.1, 0.15) is 5.75 Å². The van der Waals surface area contributed by atoms with Crippen LogP contribution in [0.4, 0.5) is 0 Å². The van der Waals surface area contributed by atoms with E-state index in [4.69, 9.17) is 14.6 Å². The molecular formula is C11H16O3. The summed E-state index contributed by atoms with van der Waals surface area (Å²) >= 11 is 0. The van der Waals surface area contributed by atoms with Crippen molar-refractivity contribution in [1.82, 2.24) is 0 Å². The summed E-state index contributed by atoms with van der Waals surface area (Å²) in [5.41, 5.74) is 2.18. The zero-order chi connectivity index (χ0) is 10.4. The van der Waals surface area contributed by atoms with E-state index in [1.54, 1.807) is 14.2 Å². The molecule has 0 aliphatic heterocycles. The van der Waals surface area contributed by atoms with Crippen molar-refractivity contribution in [2.75, 3.05) is 20.8 Å². The van der Waals surface area contributed by atoms with Crippen LogP contribution in [0.1, 0.15) is 11.1 Å². The van der Waals surface area contributed by atoms with E-state index >= 15 is 0 Å². The van der Waals surface area contributed by atoms with Crippen LogP contribution in [0.15, 0.2) is 18.2 Å². The fourth-order valence-electron chi connectivity index (χ4n) is 1.38. The Morgan fingerprint density at radius 3 is 2.57 bits per heavy atom. The van der Waals surface area contributed by atoms with Crippen molar-refractivity contribution in [3.8, 4) is 5.75 Å². The Hall–Kier alpha value is -1.06. The lowest BCUT2D eigenvalue weighted by molar-refractivity contribution is 0.183. The summed E-state index contributed by atoms with van der Waals surface area (Å²) in [4.78, 5) is 0. The average molecular weight is 196 g/mol. The highest BCUT2D eigenvalue weighted by Gasteiger charge is 2.03. The molecule has 0 saturated heterocycles. The van der Waals surface area contributed by atoms with Crippen LogP contribution >= 0.6 is 0 Å². The van der Waals surface area contributed by atoms with Gasteiger partial charge in [0.15, 0.2) is 0 Å². The first-order chi connectivity index (χ1) is 6.81. The molecule has 1 aromatic carbocycles. The predicted octanol–water partition coefficient (Wildman–Crippen LogP) is 1.38. The van der Waals surface area contributed by atoms with Crippen LogP contribution in [-0.2, 0) is 17.8 Å². The van der Waals surface area contributed by atoms with Gasteiger partial charge in [0.05, 0.1) is 13.7 Å². The molecule has 0 aliphatic rings. The maximum Gasteiger partial charge on any atom is 0.119 e. The summed E-state index contributed by atoms with van der Waals surface area (Å²) in [6.45, 7) is 0.712. The molecule has 0 unspecified atom stereocenters. The molecule has 0 amide bonds. The fourth-order valence-corrected chi connectivity index (χ4v) is 1.38. The summed E-state index contributed by atoms with van der Waals surface area (Å²) in [6, 6.07) is 5.80. The first-order valence-electron chi connectivity index (χ1n) is 4.57. The largest absolute Gasteiger partial charge is 0.497 e. The van der Waals surface area contributed by atoms with E-state index in [9.17, 15) is 0 Å². The summed E-state index contributed by atoms with van der Waals surface area (Å²) in [6.07, 6.45) is 0.635. The van der Waals surface area contributed by atoms with E-state index in [2.05, 4.69) is 0 Å². The lowest BCUT2D eigenvalue weighted by Crippen LogP contribution is -1.99. The minimum atomic E-state index is 0.143. The van der Waals surface area contributed by atoms with E-state index < -0.39 is 0 Å². The molecule has 0 aromatic heterocycles. The minimum Gasteiger partial charge on any atom is -0.497 e. The monoisotopic (exact) mass is 196 g/mol. The molecule has 14 heavy (non-hydrogen) atoms. The van der Waals surface area contributed by atoms with Gasteiger partial charge in [-0.2, -0.15) is 0 Å². The maximum atomic E-state index is 8.89. The van der Waals surface area contributed by atoms with E-state index in [1.165, 1.54) is 0 Å². The number of aliphatic hydroxyl groups excluding tert-OH is 1. The second-order valence-electron chi connectivity index (χ2n) is 3.04. The molecule has 0 aliphatic carbocycles. The van der Waals surface area contributed by atoms with Gasteiger partial charge in [-0.05, 0) is 29.7 Å². The van der Waals surface area contributed by atoms with E-state index in [1.807, 2.05) is 18.2 Å². The molecule has 3 heteroatoms. The second-order valence-corrected chi connectivity index (χ2v) is 3.04. The summed E-state index contributed by atoms with van der Waals surface area (Å²) in [5.74, 6) is 0.813. The number of ether oxygens (including phenoxy) is 2. The van der Waals surface area contributed by atoms with E-state index in [0.29, 0.717) is 13.0 Å². The third-order valence-electron chi connectivity index (χ3n) is 2.09. The lowest BCUT2D eigenvalue weighted by atomic mass is 10.1. The van der Waals surface area contributed by atoms with Gasteiger partial charge in [-0.25, -0.2) is 0 Å². The number of methoxy groups -OCH3 is 2. The van der Waals surface area contributed by atoms with Crippen LogP contribution in [0.5, 0.6) is 5.75 Å². The summed E-state index contributed by atoms with van der Waals surface area (Å²) in [5, 5.41) is 8.89. The Balaban J connectivity index is 2.91. The number of benzene rings is 1. The van der Waals surface area contributed by atoms with Crippen LogP contribution in [-0.4, -0.2) is 25.9 Å². The maximum absolute atomic E-state index is 8.89. The molecule has 0 bridgehead atoms. The quantitative estimate of drug-likeness (QED) is 0.773. The molecule has 1 aromatic rings. The van der Waals surface area contributed by atoms with Crippen molar-refractivity contribution in [2.24, 2.45) is 0 Å². The lowest BCUT2D eigenvalue weighted by Gasteiger charge is -2.09. The highest BCUT2D eigenvalue weighted by atomic mass is 16.5. The molecule has 0 atom stereocenters. The average Bonchev–Trinajstić information content (AvgIpc) is 2.21. The Labute approximate surface area is 84.3 Å². The molecule has 0 heterocycles. The second kappa shape index (κ2) is 5.62. The first-order valence-corrected chi connectivity index (χ1v) is 4.57. The number of hydrogen-bond donors (Lipinski definition) is 1. The SMILES string of the molecule is COCc1ccc(OC)cc1CCO. The number of hydrogen-bond acceptors (Lipinski definition) is 3. The predicted molar refractivity (Wildman–Crippen MR) is 54.5 cm³/mol. The molecule has 0 fully saturated rings. The van der Waals surface area contributed by atoms with Crippen LogP contribution in [0, 0.1) is 0 Å². The summed E-state index contributed by atoms with van der Waals surface area (Å²) in [7, 11) is 3.29. The Morgan fingerprint density at radius 2 is 2.00 bits per heavy atom.